The molecule has 1 aromatic rings. The van der Waals surface area contributed by atoms with Crippen molar-refractivity contribution in [3.8, 4) is 0 Å². The Morgan fingerprint density at radius 3 is 2.69 bits per heavy atom. The summed E-state index contributed by atoms with van der Waals surface area (Å²) in [5.41, 5.74) is 2.60. The Morgan fingerprint density at radius 1 is 1.31 bits per heavy atom. The van der Waals surface area contributed by atoms with Crippen molar-refractivity contribution >= 4 is 16.5 Å². The molecule has 1 aliphatic heterocycles. The predicted octanol–water partition coefficient (Wildman–Crippen LogP) is 0.975. The quantitative estimate of drug-likeness (QED) is 0.852. The lowest BCUT2D eigenvalue weighted by molar-refractivity contribution is 0.672. The number of para-hydroxylation sites is 1. The van der Waals surface area contributed by atoms with E-state index in [9.17, 15) is 4.21 Å². The highest BCUT2D eigenvalue weighted by Gasteiger charge is 2.17. The molecule has 3 nitrogen and oxygen atoms in total. The molecule has 0 saturated carbocycles. The Kier molecular flexibility index (Phi) is 3.96. The van der Waals surface area contributed by atoms with E-state index in [2.05, 4.69) is 34.5 Å². The van der Waals surface area contributed by atoms with Crippen molar-refractivity contribution in [3.63, 3.8) is 0 Å². The Hall–Kier alpha value is -0.870. The first-order valence-electron chi connectivity index (χ1n) is 5.63. The fourth-order valence-electron chi connectivity index (χ4n) is 2.04. The van der Waals surface area contributed by atoms with Gasteiger partial charge in [0.1, 0.15) is 0 Å². The third-order valence-electron chi connectivity index (χ3n) is 2.88. The zero-order valence-electron chi connectivity index (χ0n) is 9.61. The van der Waals surface area contributed by atoms with Crippen LogP contribution in [0.3, 0.4) is 0 Å². The largest absolute Gasteiger partial charge is 0.369 e. The topological polar surface area (TPSA) is 32.3 Å². The first-order valence-corrected chi connectivity index (χ1v) is 7.12. The van der Waals surface area contributed by atoms with Crippen molar-refractivity contribution < 1.29 is 4.21 Å². The van der Waals surface area contributed by atoms with Gasteiger partial charge in [-0.1, -0.05) is 18.2 Å². The van der Waals surface area contributed by atoms with Gasteiger partial charge in [-0.05, 0) is 18.7 Å². The summed E-state index contributed by atoms with van der Waals surface area (Å²) >= 11 is 0. The van der Waals surface area contributed by atoms with Crippen LogP contribution in [-0.2, 0) is 17.3 Å². The molecule has 1 aliphatic rings. The molecule has 16 heavy (non-hydrogen) atoms. The van der Waals surface area contributed by atoms with Gasteiger partial charge in [-0.2, -0.15) is 0 Å². The summed E-state index contributed by atoms with van der Waals surface area (Å²) in [6, 6.07) is 8.44. The molecular formula is C12H18N2OS. The van der Waals surface area contributed by atoms with E-state index in [1.54, 1.807) is 0 Å². The van der Waals surface area contributed by atoms with Crippen LogP contribution in [0.2, 0.25) is 0 Å². The van der Waals surface area contributed by atoms with E-state index in [0.717, 1.165) is 31.1 Å². The highest BCUT2D eigenvalue weighted by atomic mass is 32.2. The fourth-order valence-corrected chi connectivity index (χ4v) is 3.09. The Labute approximate surface area is 99.3 Å². The maximum absolute atomic E-state index is 11.3. The molecule has 1 aromatic carbocycles. The number of anilines is 1. The molecule has 2 rings (SSSR count). The summed E-state index contributed by atoms with van der Waals surface area (Å²) in [5.74, 6) is 1.60. The van der Waals surface area contributed by atoms with Crippen LogP contribution in [-0.4, -0.2) is 35.9 Å². The van der Waals surface area contributed by atoms with Crippen molar-refractivity contribution in [1.29, 1.82) is 0 Å². The fraction of sp³-hybridized carbons (Fsp3) is 0.500. The molecule has 1 heterocycles. The first kappa shape index (κ1) is 11.6. The second kappa shape index (κ2) is 5.46. The lowest BCUT2D eigenvalue weighted by atomic mass is 10.1. The summed E-state index contributed by atoms with van der Waals surface area (Å²) in [6.07, 6.45) is 0. The molecule has 0 spiro atoms. The molecule has 1 fully saturated rings. The Bertz CT molecular complexity index is 371. The van der Waals surface area contributed by atoms with Crippen LogP contribution in [0.25, 0.3) is 0 Å². The number of nitrogens with one attached hydrogen (secondary N) is 1. The predicted molar refractivity (Wildman–Crippen MR) is 69.3 cm³/mol. The van der Waals surface area contributed by atoms with E-state index >= 15 is 0 Å². The van der Waals surface area contributed by atoms with Gasteiger partial charge in [0.15, 0.2) is 0 Å². The minimum absolute atomic E-state index is 0.602. The summed E-state index contributed by atoms with van der Waals surface area (Å²) < 4.78 is 11.3. The maximum Gasteiger partial charge on any atom is 0.0412 e. The average molecular weight is 238 g/mol. The molecule has 0 atom stereocenters. The second-order valence-electron chi connectivity index (χ2n) is 3.99. The van der Waals surface area contributed by atoms with Gasteiger partial charge in [0.2, 0.25) is 0 Å². The van der Waals surface area contributed by atoms with Crippen LogP contribution in [0.1, 0.15) is 5.56 Å². The zero-order chi connectivity index (χ0) is 11.4. The molecule has 0 aromatic heterocycles. The first-order chi connectivity index (χ1) is 7.81. The average Bonchev–Trinajstić information content (AvgIpc) is 2.32. The van der Waals surface area contributed by atoms with Crippen LogP contribution in [0, 0.1) is 0 Å². The molecular weight excluding hydrogens is 220 g/mol. The summed E-state index contributed by atoms with van der Waals surface area (Å²) in [4.78, 5) is 2.34. The molecule has 4 heteroatoms. The molecule has 1 saturated heterocycles. The second-order valence-corrected chi connectivity index (χ2v) is 5.69. The van der Waals surface area contributed by atoms with E-state index < -0.39 is 10.8 Å². The number of nitrogens with zero attached hydrogens (tertiary/aromatic N) is 1. The third-order valence-corrected chi connectivity index (χ3v) is 4.15. The molecule has 0 radical (unpaired) electrons. The minimum Gasteiger partial charge on any atom is -0.369 e. The minimum atomic E-state index is -0.602. The standard InChI is InChI=1S/C12H18N2OS/c1-13-10-11-4-2-3-5-12(11)14-6-8-16(15)9-7-14/h2-5,13H,6-10H2,1H3. The van der Waals surface area contributed by atoms with E-state index in [-0.39, 0.29) is 0 Å². The van der Waals surface area contributed by atoms with Crippen LogP contribution >= 0.6 is 0 Å². The molecule has 0 aliphatic carbocycles. The number of benzene rings is 1. The van der Waals surface area contributed by atoms with Gasteiger partial charge in [-0.25, -0.2) is 0 Å². The van der Waals surface area contributed by atoms with Crippen molar-refractivity contribution in [2.45, 2.75) is 6.54 Å². The molecule has 0 amide bonds. The van der Waals surface area contributed by atoms with Gasteiger partial charge in [-0.3, -0.25) is 4.21 Å². The van der Waals surface area contributed by atoms with E-state index in [1.165, 1.54) is 11.3 Å². The summed E-state index contributed by atoms with van der Waals surface area (Å²) in [5, 5.41) is 3.19. The smallest absolute Gasteiger partial charge is 0.0412 e. The maximum atomic E-state index is 11.3. The van der Waals surface area contributed by atoms with Gasteiger partial charge in [0.05, 0.1) is 0 Å². The van der Waals surface area contributed by atoms with Crippen LogP contribution in [0.15, 0.2) is 24.3 Å². The van der Waals surface area contributed by atoms with Gasteiger partial charge < -0.3 is 10.2 Å². The number of hydrogen-bond donors (Lipinski definition) is 1. The molecule has 0 bridgehead atoms. The highest BCUT2D eigenvalue weighted by molar-refractivity contribution is 7.85. The lowest BCUT2D eigenvalue weighted by Crippen LogP contribution is -2.38. The Morgan fingerprint density at radius 2 is 2.00 bits per heavy atom. The van der Waals surface area contributed by atoms with Crippen molar-refractivity contribution in [2.75, 3.05) is 36.5 Å². The number of hydrogen-bond acceptors (Lipinski definition) is 3. The summed E-state index contributed by atoms with van der Waals surface area (Å²) in [7, 11) is 1.36. The van der Waals surface area contributed by atoms with Crippen molar-refractivity contribution in [2.24, 2.45) is 0 Å². The van der Waals surface area contributed by atoms with E-state index in [0.29, 0.717) is 0 Å². The van der Waals surface area contributed by atoms with Crippen LogP contribution in [0.5, 0.6) is 0 Å². The normalized spacial score (nSPS) is 17.7. The van der Waals surface area contributed by atoms with Crippen LogP contribution < -0.4 is 10.2 Å². The van der Waals surface area contributed by atoms with Gasteiger partial charge in [0, 0.05) is 47.6 Å². The third kappa shape index (κ3) is 2.62. The van der Waals surface area contributed by atoms with Gasteiger partial charge >= 0.3 is 0 Å². The van der Waals surface area contributed by atoms with Gasteiger partial charge in [-0.15, -0.1) is 0 Å². The molecule has 0 unspecified atom stereocenters. The summed E-state index contributed by atoms with van der Waals surface area (Å²) in [6.45, 7) is 2.70. The van der Waals surface area contributed by atoms with E-state index in [1.807, 2.05) is 7.05 Å². The van der Waals surface area contributed by atoms with Gasteiger partial charge in [0.25, 0.3) is 0 Å². The van der Waals surface area contributed by atoms with Crippen molar-refractivity contribution in [3.05, 3.63) is 29.8 Å². The monoisotopic (exact) mass is 238 g/mol. The van der Waals surface area contributed by atoms with E-state index in [4.69, 9.17) is 0 Å². The Balaban J connectivity index is 2.16. The molecule has 88 valence electrons. The SMILES string of the molecule is CNCc1ccccc1N1CCS(=O)CC1. The van der Waals surface area contributed by atoms with Crippen molar-refractivity contribution in [1.82, 2.24) is 5.32 Å². The zero-order valence-corrected chi connectivity index (χ0v) is 10.4. The lowest BCUT2D eigenvalue weighted by Gasteiger charge is -2.30. The number of rotatable bonds is 3. The van der Waals surface area contributed by atoms with Crippen LogP contribution in [0.4, 0.5) is 5.69 Å². The molecule has 1 N–H and O–H groups in total. The highest BCUT2D eigenvalue weighted by Crippen LogP contribution is 2.21.